The second-order valence-electron chi connectivity index (χ2n) is 3.69. The van der Waals surface area contributed by atoms with E-state index >= 15 is 0 Å². The molecule has 1 aromatic heterocycles. The van der Waals surface area contributed by atoms with Gasteiger partial charge < -0.3 is 4.74 Å². The molecule has 0 aliphatic heterocycles. The number of Topliss-reactive ketones (excluding diaryl/α,β-unsaturated/α-hetero) is 1. The van der Waals surface area contributed by atoms with Crippen molar-refractivity contribution in [1.82, 2.24) is 4.98 Å². The molecule has 0 aliphatic rings. The fourth-order valence-electron chi connectivity index (χ4n) is 1.52. The second kappa shape index (κ2) is 5.69. The molecule has 0 atom stereocenters. The molecule has 0 saturated heterocycles. The number of methoxy groups -OCH3 is 1. The van der Waals surface area contributed by atoms with E-state index in [0.29, 0.717) is 5.56 Å². The molecule has 4 heteroatoms. The van der Waals surface area contributed by atoms with Gasteiger partial charge in [0.1, 0.15) is 10.8 Å². The van der Waals surface area contributed by atoms with Crippen molar-refractivity contribution in [2.45, 2.75) is 16.8 Å². The zero-order valence-corrected chi connectivity index (χ0v) is 11.0. The van der Waals surface area contributed by atoms with Gasteiger partial charge in [-0.2, -0.15) is 0 Å². The van der Waals surface area contributed by atoms with Crippen LogP contribution in [0.25, 0.3) is 0 Å². The molecule has 1 heterocycles. The van der Waals surface area contributed by atoms with Crippen LogP contribution in [0.15, 0.2) is 52.5 Å². The van der Waals surface area contributed by atoms with Gasteiger partial charge in [0.25, 0.3) is 0 Å². The summed E-state index contributed by atoms with van der Waals surface area (Å²) in [6.07, 6.45) is 1.69. The molecule has 0 unspecified atom stereocenters. The van der Waals surface area contributed by atoms with Crippen LogP contribution in [0.5, 0.6) is 5.75 Å². The zero-order chi connectivity index (χ0) is 13.0. The molecule has 0 N–H and O–H groups in total. The van der Waals surface area contributed by atoms with E-state index in [-0.39, 0.29) is 5.78 Å². The van der Waals surface area contributed by atoms with E-state index in [2.05, 4.69) is 4.98 Å². The van der Waals surface area contributed by atoms with Crippen LogP contribution in [-0.4, -0.2) is 17.9 Å². The molecule has 1 aromatic carbocycles. The first-order chi connectivity index (χ1) is 8.70. The van der Waals surface area contributed by atoms with Gasteiger partial charge in [-0.25, -0.2) is 4.98 Å². The van der Waals surface area contributed by atoms with E-state index in [0.717, 1.165) is 15.7 Å². The Labute approximate surface area is 110 Å². The predicted molar refractivity (Wildman–Crippen MR) is 71.4 cm³/mol. The fraction of sp³-hybridized carbons (Fsp3) is 0.143. The standard InChI is InChI=1S/C14H13NO2S/c1-10(16)13-7-4-8-15-14(13)18-12-6-3-5-11(9-12)17-2/h3-9H,1-2H3. The highest BCUT2D eigenvalue weighted by Crippen LogP contribution is 2.30. The highest BCUT2D eigenvalue weighted by atomic mass is 32.2. The van der Waals surface area contributed by atoms with Gasteiger partial charge in [0, 0.05) is 16.7 Å². The molecule has 0 radical (unpaired) electrons. The molecule has 3 nitrogen and oxygen atoms in total. The fourth-order valence-corrected chi connectivity index (χ4v) is 2.50. The van der Waals surface area contributed by atoms with Crippen LogP contribution in [0.1, 0.15) is 17.3 Å². The Kier molecular flexibility index (Phi) is 3.99. The Morgan fingerprint density at radius 3 is 2.83 bits per heavy atom. The summed E-state index contributed by atoms with van der Waals surface area (Å²) in [7, 11) is 1.63. The van der Waals surface area contributed by atoms with E-state index in [4.69, 9.17) is 4.74 Å². The largest absolute Gasteiger partial charge is 0.497 e. The Hall–Kier alpha value is -1.81. The number of carbonyl (C=O) groups excluding carboxylic acids is 1. The molecule has 0 spiro atoms. The van der Waals surface area contributed by atoms with Gasteiger partial charge in [-0.1, -0.05) is 17.8 Å². The van der Waals surface area contributed by atoms with Crippen molar-refractivity contribution in [3.05, 3.63) is 48.2 Å². The van der Waals surface area contributed by atoms with Crippen LogP contribution in [0.4, 0.5) is 0 Å². The monoisotopic (exact) mass is 259 g/mol. The maximum absolute atomic E-state index is 11.5. The van der Waals surface area contributed by atoms with Crippen LogP contribution in [-0.2, 0) is 0 Å². The van der Waals surface area contributed by atoms with Gasteiger partial charge in [-0.15, -0.1) is 0 Å². The smallest absolute Gasteiger partial charge is 0.162 e. The van der Waals surface area contributed by atoms with Crippen molar-refractivity contribution in [1.29, 1.82) is 0 Å². The molecular formula is C14H13NO2S. The Morgan fingerprint density at radius 1 is 1.28 bits per heavy atom. The van der Waals surface area contributed by atoms with E-state index in [9.17, 15) is 4.79 Å². The molecule has 0 amide bonds. The van der Waals surface area contributed by atoms with Crippen LogP contribution >= 0.6 is 11.8 Å². The highest BCUT2D eigenvalue weighted by Gasteiger charge is 2.09. The second-order valence-corrected chi connectivity index (χ2v) is 4.76. The van der Waals surface area contributed by atoms with Crippen molar-refractivity contribution >= 4 is 17.5 Å². The lowest BCUT2D eigenvalue weighted by Gasteiger charge is -2.06. The summed E-state index contributed by atoms with van der Waals surface area (Å²) >= 11 is 1.46. The van der Waals surface area contributed by atoms with Gasteiger partial charge >= 0.3 is 0 Å². The minimum Gasteiger partial charge on any atom is -0.497 e. The van der Waals surface area contributed by atoms with Crippen molar-refractivity contribution in [2.75, 3.05) is 7.11 Å². The minimum absolute atomic E-state index is 0.0218. The molecule has 2 aromatic rings. The lowest BCUT2D eigenvalue weighted by atomic mass is 10.2. The van der Waals surface area contributed by atoms with E-state index < -0.39 is 0 Å². The number of carbonyl (C=O) groups is 1. The van der Waals surface area contributed by atoms with Crippen molar-refractivity contribution < 1.29 is 9.53 Å². The zero-order valence-electron chi connectivity index (χ0n) is 10.2. The lowest BCUT2D eigenvalue weighted by Crippen LogP contribution is -1.96. The molecular weight excluding hydrogens is 246 g/mol. The van der Waals surface area contributed by atoms with E-state index in [1.54, 1.807) is 32.4 Å². The summed E-state index contributed by atoms with van der Waals surface area (Å²) in [6, 6.07) is 11.2. The van der Waals surface area contributed by atoms with Gasteiger partial charge in [-0.3, -0.25) is 4.79 Å². The summed E-state index contributed by atoms with van der Waals surface area (Å²) in [4.78, 5) is 16.7. The third-order valence-corrected chi connectivity index (χ3v) is 3.41. The van der Waals surface area contributed by atoms with Crippen LogP contribution in [0, 0.1) is 0 Å². The minimum atomic E-state index is 0.0218. The van der Waals surface area contributed by atoms with Crippen molar-refractivity contribution in [3.8, 4) is 5.75 Å². The third-order valence-electron chi connectivity index (χ3n) is 2.41. The number of ether oxygens (including phenoxy) is 1. The predicted octanol–water partition coefficient (Wildman–Crippen LogP) is 3.44. The average Bonchev–Trinajstić information content (AvgIpc) is 2.39. The Bertz CT molecular complexity index is 569. The van der Waals surface area contributed by atoms with Crippen LogP contribution in [0.3, 0.4) is 0 Å². The van der Waals surface area contributed by atoms with Crippen LogP contribution in [0.2, 0.25) is 0 Å². The molecule has 0 saturated carbocycles. The summed E-state index contributed by atoms with van der Waals surface area (Å²) in [6.45, 7) is 1.55. The molecule has 92 valence electrons. The summed E-state index contributed by atoms with van der Waals surface area (Å²) in [5.74, 6) is 0.814. The number of aromatic nitrogens is 1. The van der Waals surface area contributed by atoms with Gasteiger partial charge in [0.2, 0.25) is 0 Å². The summed E-state index contributed by atoms with van der Waals surface area (Å²) in [5.41, 5.74) is 0.644. The lowest BCUT2D eigenvalue weighted by molar-refractivity contribution is 0.101. The van der Waals surface area contributed by atoms with Crippen molar-refractivity contribution in [3.63, 3.8) is 0 Å². The first-order valence-corrected chi connectivity index (χ1v) is 6.30. The first kappa shape index (κ1) is 12.6. The first-order valence-electron chi connectivity index (χ1n) is 5.48. The number of nitrogens with zero attached hydrogens (tertiary/aromatic N) is 1. The number of benzene rings is 1. The quantitative estimate of drug-likeness (QED) is 0.788. The molecule has 0 fully saturated rings. The Morgan fingerprint density at radius 2 is 2.11 bits per heavy atom. The molecule has 18 heavy (non-hydrogen) atoms. The third kappa shape index (κ3) is 2.90. The normalized spacial score (nSPS) is 10.1. The van der Waals surface area contributed by atoms with E-state index in [1.165, 1.54) is 11.8 Å². The van der Waals surface area contributed by atoms with Gasteiger partial charge in [0.15, 0.2) is 5.78 Å². The average molecular weight is 259 g/mol. The molecule has 0 bridgehead atoms. The van der Waals surface area contributed by atoms with E-state index in [1.807, 2.05) is 24.3 Å². The SMILES string of the molecule is COc1cccc(Sc2ncccc2C(C)=O)c1. The van der Waals surface area contributed by atoms with Crippen LogP contribution < -0.4 is 4.74 Å². The molecule has 0 aliphatic carbocycles. The van der Waals surface area contributed by atoms with Crippen molar-refractivity contribution in [2.24, 2.45) is 0 Å². The maximum Gasteiger partial charge on any atom is 0.162 e. The topological polar surface area (TPSA) is 39.2 Å². The number of hydrogen-bond acceptors (Lipinski definition) is 4. The Balaban J connectivity index is 2.31. The molecule has 2 rings (SSSR count). The summed E-state index contributed by atoms with van der Waals surface area (Å²) in [5, 5.41) is 0.721. The number of ketones is 1. The number of pyridine rings is 1. The maximum atomic E-state index is 11.5. The number of rotatable bonds is 4. The highest BCUT2D eigenvalue weighted by molar-refractivity contribution is 7.99. The number of hydrogen-bond donors (Lipinski definition) is 0. The summed E-state index contributed by atoms with van der Waals surface area (Å²) < 4.78 is 5.17. The van der Waals surface area contributed by atoms with Gasteiger partial charge in [0.05, 0.1) is 7.11 Å². The van der Waals surface area contributed by atoms with Gasteiger partial charge in [-0.05, 0) is 37.3 Å².